The van der Waals surface area contributed by atoms with Gasteiger partial charge in [-0.2, -0.15) is 0 Å². The van der Waals surface area contributed by atoms with Crippen LogP contribution in [0.2, 0.25) is 0 Å². The fraction of sp³-hybridized carbons (Fsp3) is 0.183. The highest BCUT2D eigenvalue weighted by Gasteiger charge is 2.18. The summed E-state index contributed by atoms with van der Waals surface area (Å²) in [4.78, 5) is 19.0. The van der Waals surface area contributed by atoms with Crippen LogP contribution in [-0.2, 0) is 6.42 Å². The zero-order valence-electron chi connectivity index (χ0n) is 39.5. The molecule has 0 spiro atoms. The smallest absolute Gasteiger partial charge is 0.197 e. The summed E-state index contributed by atoms with van der Waals surface area (Å²) in [6.07, 6.45) is 33.7. The predicted molar refractivity (Wildman–Crippen MR) is 282 cm³/mol. The van der Waals surface area contributed by atoms with E-state index in [0.717, 1.165) is 56.4 Å². The highest BCUT2D eigenvalue weighted by molar-refractivity contribution is 5.77. The van der Waals surface area contributed by atoms with Gasteiger partial charge in [-0.05, 0) is 143 Å². The van der Waals surface area contributed by atoms with Crippen LogP contribution < -0.4 is 25.9 Å². The molecule has 1 aliphatic rings. The average Bonchev–Trinajstić information content (AvgIpc) is 3.32. The van der Waals surface area contributed by atoms with Crippen LogP contribution in [0.1, 0.15) is 85.1 Å². The first-order chi connectivity index (χ1) is 31.2. The summed E-state index contributed by atoms with van der Waals surface area (Å²) >= 11 is 0. The molecule has 5 rings (SSSR count). The Morgan fingerprint density at radius 3 is 1.97 bits per heavy atom. The van der Waals surface area contributed by atoms with Crippen LogP contribution in [0.5, 0.6) is 0 Å². The molecule has 0 fully saturated rings. The molecule has 0 radical (unpaired) electrons. The lowest BCUT2D eigenvalue weighted by molar-refractivity contribution is 0.488. The second-order valence-corrected chi connectivity index (χ2v) is 14.3. The number of fused-ring (bicyclic) bond motifs is 1. The Labute approximate surface area is 384 Å². The Hall–Kier alpha value is -7.17. The molecule has 0 atom stereocenters. The van der Waals surface area contributed by atoms with E-state index < -0.39 is 0 Å². The molecule has 0 saturated carbocycles. The maximum atomic E-state index is 14.8. The zero-order valence-corrected chi connectivity index (χ0v) is 39.5. The number of hydrogen-bond acceptors (Lipinski definition) is 4. The summed E-state index contributed by atoms with van der Waals surface area (Å²) in [6.45, 7) is 32.6. The lowest BCUT2D eigenvalue weighted by Gasteiger charge is -2.27. The van der Waals surface area contributed by atoms with Crippen molar-refractivity contribution in [2.24, 2.45) is 0 Å². The minimum Gasteiger partial charge on any atom is -0.456 e. The number of para-hydroxylation sites is 2. The van der Waals surface area contributed by atoms with E-state index in [1.165, 1.54) is 0 Å². The van der Waals surface area contributed by atoms with Crippen LogP contribution in [0, 0.1) is 0 Å². The predicted octanol–water partition coefficient (Wildman–Crippen LogP) is 15.1. The molecule has 4 heteroatoms. The second-order valence-electron chi connectivity index (χ2n) is 14.3. The Morgan fingerprint density at radius 1 is 0.781 bits per heavy atom. The SMILES string of the molecule is C/C=C\C.C=C/C=C\C=C(/C)N(C(/C=C\C(=C)/C1=C/c2oc(=CCC)/c(=C(\C=C/C)c3ccc(N(C(=C)C=C)c4ccccc4)cc3)c(=O)c2CCC=C1)=C/C)c1ccccc1.CC. The molecule has 0 amide bonds. The van der Waals surface area contributed by atoms with E-state index in [-0.39, 0.29) is 5.43 Å². The van der Waals surface area contributed by atoms with E-state index >= 15 is 0 Å². The van der Waals surface area contributed by atoms with Gasteiger partial charge in [0.1, 0.15) is 11.2 Å². The quantitative estimate of drug-likeness (QED) is 0.0882. The molecule has 4 aromatic rings. The van der Waals surface area contributed by atoms with Crippen LogP contribution in [0.3, 0.4) is 0 Å². The number of nitrogens with zero attached hydrogens (tertiary/aromatic N) is 2. The Morgan fingerprint density at radius 2 is 1.41 bits per heavy atom. The topological polar surface area (TPSA) is 36.7 Å². The maximum absolute atomic E-state index is 14.8. The molecule has 0 unspecified atom stereocenters. The van der Waals surface area contributed by atoms with Gasteiger partial charge in [-0.25, -0.2) is 0 Å². The average molecular weight is 849 g/mol. The summed E-state index contributed by atoms with van der Waals surface area (Å²) in [7, 11) is 0. The molecule has 1 heterocycles. The van der Waals surface area contributed by atoms with Crippen molar-refractivity contribution >= 4 is 34.8 Å². The maximum Gasteiger partial charge on any atom is 0.197 e. The standard InChI is InChI=1S/C54H54N2O2.C4H8.C2H6/c1-9-14-17-26-42(8)56(47-30-20-16-21-31-47)45(13-5)36-33-40(6)44-27-22-23-32-50-52(39-44)58-51(25-11-3)53(54(50)57)49(24-10-2)43-34-37-48(38-35-43)55(41(7)12-4)46-28-18-15-19-29-46;1-3-4-2;1-2/h9-10,12-22,24-31,33-39H,1,4,6-7,11,23,32H2,2-3,5,8H3;3-4H,1-2H3;1-2H3/b17-14-,24-10-,27-22?,36-33-,42-26+,44-39+,45-13+,51-25?,53-49-;4-3-;. The third-order valence-electron chi connectivity index (χ3n) is 10.0. The third kappa shape index (κ3) is 13.9. The van der Waals surface area contributed by atoms with E-state index in [1.807, 2.05) is 169 Å². The normalized spacial score (nSPS) is 14.4. The molecule has 0 N–H and O–H groups in total. The Kier molecular flexibility index (Phi) is 22.2. The summed E-state index contributed by atoms with van der Waals surface area (Å²) < 4.78 is 6.75. The molecule has 0 aliphatic heterocycles. The van der Waals surface area contributed by atoms with Gasteiger partial charge in [-0.15, -0.1) is 0 Å². The number of allylic oxidation sites excluding steroid dienone is 17. The van der Waals surface area contributed by atoms with E-state index in [4.69, 9.17) is 4.42 Å². The van der Waals surface area contributed by atoms with Gasteiger partial charge in [0.05, 0.1) is 5.22 Å². The molecule has 0 saturated heterocycles. The van der Waals surface area contributed by atoms with E-state index in [1.54, 1.807) is 12.2 Å². The van der Waals surface area contributed by atoms with Gasteiger partial charge in [-0.3, -0.25) is 4.79 Å². The lowest BCUT2D eigenvalue weighted by Crippen LogP contribution is -2.43. The van der Waals surface area contributed by atoms with Crippen LogP contribution in [-0.4, -0.2) is 0 Å². The molecule has 64 heavy (non-hydrogen) atoms. The number of hydrogen-bond donors (Lipinski definition) is 0. The van der Waals surface area contributed by atoms with Gasteiger partial charge in [0.25, 0.3) is 0 Å². The molecule has 3 aromatic carbocycles. The van der Waals surface area contributed by atoms with Crippen molar-refractivity contribution in [3.8, 4) is 0 Å². The van der Waals surface area contributed by atoms with Gasteiger partial charge in [0.15, 0.2) is 5.43 Å². The molecular weight excluding hydrogens is 781 g/mol. The van der Waals surface area contributed by atoms with Crippen molar-refractivity contribution < 1.29 is 4.42 Å². The first-order valence-corrected chi connectivity index (χ1v) is 22.3. The first kappa shape index (κ1) is 51.2. The lowest BCUT2D eigenvalue weighted by atomic mass is 9.96. The van der Waals surface area contributed by atoms with Gasteiger partial charge >= 0.3 is 0 Å². The third-order valence-corrected chi connectivity index (χ3v) is 10.0. The van der Waals surface area contributed by atoms with Crippen LogP contribution in [0.25, 0.3) is 17.7 Å². The minimum atomic E-state index is -0.0291. The molecule has 1 aromatic heterocycles. The van der Waals surface area contributed by atoms with Crippen molar-refractivity contribution in [3.63, 3.8) is 0 Å². The van der Waals surface area contributed by atoms with Gasteiger partial charge in [-0.1, -0.05) is 162 Å². The van der Waals surface area contributed by atoms with E-state index in [2.05, 4.69) is 92.5 Å². The minimum absolute atomic E-state index is 0.0291. The van der Waals surface area contributed by atoms with Crippen molar-refractivity contribution in [3.05, 3.63) is 262 Å². The van der Waals surface area contributed by atoms with Crippen molar-refractivity contribution in [1.29, 1.82) is 0 Å². The van der Waals surface area contributed by atoms with Gasteiger partial charge in [0, 0.05) is 39.7 Å². The fourth-order valence-corrected chi connectivity index (χ4v) is 6.86. The van der Waals surface area contributed by atoms with Gasteiger partial charge < -0.3 is 14.2 Å². The number of benzene rings is 3. The number of anilines is 3. The number of rotatable bonds is 15. The molecule has 1 aliphatic carbocycles. The highest BCUT2D eigenvalue weighted by Crippen LogP contribution is 2.31. The summed E-state index contributed by atoms with van der Waals surface area (Å²) in [5.74, 6) is 0.559. The molecule has 4 nitrogen and oxygen atoms in total. The van der Waals surface area contributed by atoms with Crippen molar-refractivity contribution in [1.82, 2.24) is 0 Å². The van der Waals surface area contributed by atoms with Crippen molar-refractivity contribution in [2.75, 3.05) is 9.80 Å². The molecular formula is C60H68N2O2. The van der Waals surface area contributed by atoms with Crippen molar-refractivity contribution in [2.45, 2.75) is 74.7 Å². The first-order valence-electron chi connectivity index (χ1n) is 22.3. The Bertz CT molecular complexity index is 2620. The van der Waals surface area contributed by atoms with Crippen LogP contribution in [0.15, 0.2) is 234 Å². The highest BCUT2D eigenvalue weighted by atomic mass is 16.3. The van der Waals surface area contributed by atoms with Crippen LogP contribution in [0.4, 0.5) is 17.1 Å². The largest absolute Gasteiger partial charge is 0.456 e. The monoisotopic (exact) mass is 849 g/mol. The molecule has 330 valence electrons. The summed E-state index contributed by atoms with van der Waals surface area (Å²) in [5, 5.41) is 0.560. The zero-order chi connectivity index (χ0) is 46.9. The fourth-order valence-electron chi connectivity index (χ4n) is 6.86. The molecule has 0 bridgehead atoms. The summed E-state index contributed by atoms with van der Waals surface area (Å²) in [6, 6.07) is 28.5. The van der Waals surface area contributed by atoms with E-state index in [9.17, 15) is 4.79 Å². The second kappa shape index (κ2) is 27.7. The van der Waals surface area contributed by atoms with Crippen LogP contribution >= 0.6 is 0 Å². The van der Waals surface area contributed by atoms with Gasteiger partial charge in [0.2, 0.25) is 0 Å². The summed E-state index contributed by atoms with van der Waals surface area (Å²) in [5.41, 5.74) is 10.3. The van der Waals surface area contributed by atoms with E-state index in [0.29, 0.717) is 41.2 Å². The Balaban J connectivity index is 0.00000172.